The molecule has 0 fully saturated rings. The van der Waals surface area contributed by atoms with Gasteiger partial charge in [-0.1, -0.05) is 6.07 Å². The van der Waals surface area contributed by atoms with Crippen molar-refractivity contribution in [3.05, 3.63) is 34.6 Å². The van der Waals surface area contributed by atoms with E-state index in [1.807, 2.05) is 13.0 Å². The molecule has 1 unspecified atom stereocenters. The van der Waals surface area contributed by atoms with Crippen LogP contribution in [0.2, 0.25) is 0 Å². The Balaban J connectivity index is 2.92. The number of aliphatic hydroxyl groups is 2. The second-order valence-electron chi connectivity index (χ2n) is 3.86. The van der Waals surface area contributed by atoms with E-state index in [0.717, 1.165) is 11.1 Å². The molecule has 1 aromatic rings. The summed E-state index contributed by atoms with van der Waals surface area (Å²) in [6.07, 6.45) is 0.0448. The van der Waals surface area contributed by atoms with E-state index < -0.39 is 6.10 Å². The van der Waals surface area contributed by atoms with Gasteiger partial charge in [-0.3, -0.25) is 0 Å². The topological polar surface area (TPSA) is 40.5 Å². The van der Waals surface area contributed by atoms with Gasteiger partial charge in [-0.2, -0.15) is 0 Å². The van der Waals surface area contributed by atoms with Gasteiger partial charge in [-0.25, -0.2) is 4.39 Å². The lowest BCUT2D eigenvalue weighted by atomic mass is 9.97. The molecule has 0 bridgehead atoms. The molecule has 2 nitrogen and oxygen atoms in total. The summed E-state index contributed by atoms with van der Waals surface area (Å²) < 4.78 is 13.6. The van der Waals surface area contributed by atoms with E-state index in [1.165, 1.54) is 6.07 Å². The predicted octanol–water partition coefficient (Wildman–Crippen LogP) is 2.25. The highest BCUT2D eigenvalue weighted by atomic mass is 19.1. The Morgan fingerprint density at radius 1 is 1.33 bits per heavy atom. The Morgan fingerprint density at radius 2 is 2.00 bits per heavy atom. The Hall–Kier alpha value is -0.930. The monoisotopic (exact) mass is 212 g/mol. The summed E-state index contributed by atoms with van der Waals surface area (Å²) >= 11 is 0. The molecule has 1 rings (SSSR count). The standard InChI is InChI=1S/C12H17FO2/c1-8-6-9(2)12(10(13)7-8)11(15)4-3-5-14/h6-7,11,14-15H,3-5H2,1-2H3. The van der Waals surface area contributed by atoms with Crippen LogP contribution < -0.4 is 0 Å². The van der Waals surface area contributed by atoms with Crippen LogP contribution in [0.25, 0.3) is 0 Å². The number of hydrogen-bond acceptors (Lipinski definition) is 2. The summed E-state index contributed by atoms with van der Waals surface area (Å²) in [6.45, 7) is 3.62. The molecule has 0 spiro atoms. The van der Waals surface area contributed by atoms with Gasteiger partial charge in [0.25, 0.3) is 0 Å². The van der Waals surface area contributed by atoms with E-state index in [4.69, 9.17) is 5.11 Å². The van der Waals surface area contributed by atoms with Gasteiger partial charge in [0.1, 0.15) is 5.82 Å². The Morgan fingerprint density at radius 3 is 2.53 bits per heavy atom. The smallest absolute Gasteiger partial charge is 0.129 e. The lowest BCUT2D eigenvalue weighted by Crippen LogP contribution is -2.05. The second-order valence-corrected chi connectivity index (χ2v) is 3.86. The molecule has 0 heterocycles. The normalized spacial score (nSPS) is 12.9. The number of benzene rings is 1. The Labute approximate surface area is 89.4 Å². The molecule has 0 aliphatic rings. The fourth-order valence-electron chi connectivity index (χ4n) is 1.78. The third-order valence-electron chi connectivity index (χ3n) is 2.45. The summed E-state index contributed by atoms with van der Waals surface area (Å²) in [7, 11) is 0. The third kappa shape index (κ3) is 3.01. The number of aryl methyl sites for hydroxylation is 2. The highest BCUT2D eigenvalue weighted by Crippen LogP contribution is 2.25. The maximum absolute atomic E-state index is 13.6. The van der Waals surface area contributed by atoms with Gasteiger partial charge in [0.05, 0.1) is 6.10 Å². The van der Waals surface area contributed by atoms with Crippen LogP contribution in [0.5, 0.6) is 0 Å². The number of rotatable bonds is 4. The molecule has 0 amide bonds. The predicted molar refractivity (Wildman–Crippen MR) is 57.2 cm³/mol. The summed E-state index contributed by atoms with van der Waals surface area (Å²) in [5.41, 5.74) is 1.97. The fourth-order valence-corrected chi connectivity index (χ4v) is 1.78. The third-order valence-corrected chi connectivity index (χ3v) is 2.45. The zero-order valence-corrected chi connectivity index (χ0v) is 9.13. The van der Waals surface area contributed by atoms with Crippen molar-refractivity contribution < 1.29 is 14.6 Å². The summed E-state index contributed by atoms with van der Waals surface area (Å²) in [5.74, 6) is -0.363. The van der Waals surface area contributed by atoms with E-state index in [2.05, 4.69) is 0 Å². The lowest BCUT2D eigenvalue weighted by molar-refractivity contribution is 0.147. The van der Waals surface area contributed by atoms with Crippen molar-refractivity contribution in [2.24, 2.45) is 0 Å². The molecule has 0 saturated heterocycles. The van der Waals surface area contributed by atoms with Gasteiger partial charge in [0.2, 0.25) is 0 Å². The number of aliphatic hydroxyl groups excluding tert-OH is 2. The minimum Gasteiger partial charge on any atom is -0.396 e. The van der Waals surface area contributed by atoms with Crippen LogP contribution in [-0.4, -0.2) is 16.8 Å². The molecule has 1 aromatic carbocycles. The summed E-state index contributed by atoms with van der Waals surface area (Å²) in [6, 6.07) is 3.27. The fraction of sp³-hybridized carbons (Fsp3) is 0.500. The summed E-state index contributed by atoms with van der Waals surface area (Å²) in [4.78, 5) is 0. The second kappa shape index (κ2) is 5.24. The first-order valence-corrected chi connectivity index (χ1v) is 5.12. The van der Waals surface area contributed by atoms with Crippen molar-refractivity contribution >= 4 is 0 Å². The zero-order valence-electron chi connectivity index (χ0n) is 9.13. The molecule has 0 aliphatic heterocycles. The van der Waals surface area contributed by atoms with Crippen molar-refractivity contribution in [2.45, 2.75) is 32.8 Å². The van der Waals surface area contributed by atoms with Crippen LogP contribution in [-0.2, 0) is 0 Å². The van der Waals surface area contributed by atoms with Crippen molar-refractivity contribution in [2.75, 3.05) is 6.61 Å². The molecule has 15 heavy (non-hydrogen) atoms. The van der Waals surface area contributed by atoms with Crippen LogP contribution in [0.4, 0.5) is 4.39 Å². The van der Waals surface area contributed by atoms with Gasteiger partial charge >= 0.3 is 0 Å². The van der Waals surface area contributed by atoms with Crippen LogP contribution >= 0.6 is 0 Å². The number of halogens is 1. The highest BCUT2D eigenvalue weighted by molar-refractivity contribution is 5.33. The van der Waals surface area contributed by atoms with Crippen molar-refractivity contribution in [3.8, 4) is 0 Å². The van der Waals surface area contributed by atoms with Crippen molar-refractivity contribution in [1.82, 2.24) is 0 Å². The maximum Gasteiger partial charge on any atom is 0.129 e. The van der Waals surface area contributed by atoms with Crippen LogP contribution in [0.3, 0.4) is 0 Å². The van der Waals surface area contributed by atoms with E-state index in [-0.39, 0.29) is 12.4 Å². The van der Waals surface area contributed by atoms with Gasteiger partial charge < -0.3 is 10.2 Å². The molecular formula is C12H17FO2. The van der Waals surface area contributed by atoms with Crippen LogP contribution in [0.1, 0.15) is 35.6 Å². The van der Waals surface area contributed by atoms with Crippen molar-refractivity contribution in [3.63, 3.8) is 0 Å². The van der Waals surface area contributed by atoms with E-state index >= 15 is 0 Å². The lowest BCUT2D eigenvalue weighted by Gasteiger charge is -2.14. The maximum atomic E-state index is 13.6. The molecule has 2 N–H and O–H groups in total. The Kier molecular flexibility index (Phi) is 4.24. The van der Waals surface area contributed by atoms with E-state index in [0.29, 0.717) is 18.4 Å². The first-order valence-electron chi connectivity index (χ1n) is 5.12. The minimum atomic E-state index is -0.822. The molecule has 0 aromatic heterocycles. The quantitative estimate of drug-likeness (QED) is 0.803. The summed E-state index contributed by atoms with van der Waals surface area (Å²) in [5, 5.41) is 18.4. The first kappa shape index (κ1) is 12.1. The molecule has 84 valence electrons. The molecule has 1 atom stereocenters. The largest absolute Gasteiger partial charge is 0.396 e. The van der Waals surface area contributed by atoms with Crippen LogP contribution in [0.15, 0.2) is 12.1 Å². The van der Waals surface area contributed by atoms with E-state index in [1.54, 1.807) is 6.92 Å². The average molecular weight is 212 g/mol. The van der Waals surface area contributed by atoms with Crippen LogP contribution in [0, 0.1) is 19.7 Å². The van der Waals surface area contributed by atoms with E-state index in [9.17, 15) is 9.50 Å². The van der Waals surface area contributed by atoms with Gasteiger partial charge in [0, 0.05) is 12.2 Å². The van der Waals surface area contributed by atoms with Gasteiger partial charge in [0.15, 0.2) is 0 Å². The van der Waals surface area contributed by atoms with Crippen molar-refractivity contribution in [1.29, 1.82) is 0 Å². The zero-order chi connectivity index (χ0) is 11.4. The SMILES string of the molecule is Cc1cc(C)c(C(O)CCCO)c(F)c1. The Bertz CT molecular complexity index is 313. The highest BCUT2D eigenvalue weighted by Gasteiger charge is 2.15. The van der Waals surface area contributed by atoms with Gasteiger partial charge in [-0.05, 0) is 43.9 Å². The molecule has 3 heteroatoms. The minimum absolute atomic E-state index is 0.0174. The van der Waals surface area contributed by atoms with Gasteiger partial charge in [-0.15, -0.1) is 0 Å². The first-order chi connectivity index (χ1) is 7.06. The molecule has 0 saturated carbocycles. The molecule has 0 aliphatic carbocycles. The molecule has 0 radical (unpaired) electrons. The number of hydrogen-bond donors (Lipinski definition) is 2. The average Bonchev–Trinajstić information content (AvgIpc) is 2.12. The molecular weight excluding hydrogens is 195 g/mol.